The number of rotatable bonds is 4. The van der Waals surface area contributed by atoms with Gasteiger partial charge in [-0.2, -0.15) is 0 Å². The van der Waals surface area contributed by atoms with Crippen molar-refractivity contribution in [2.45, 2.75) is 39.2 Å². The van der Waals surface area contributed by atoms with Crippen LogP contribution in [0.1, 0.15) is 33.6 Å². The average molecular weight is 214 g/mol. The number of hydrogen-bond acceptors (Lipinski definition) is 3. The summed E-state index contributed by atoms with van der Waals surface area (Å²) in [4.78, 5) is 11.4. The van der Waals surface area contributed by atoms with E-state index in [0.29, 0.717) is 6.54 Å². The second-order valence-electron chi connectivity index (χ2n) is 5.39. The minimum Gasteiger partial charge on any atom is -0.444 e. The summed E-state index contributed by atoms with van der Waals surface area (Å²) in [5.41, 5.74) is -0.130. The van der Waals surface area contributed by atoms with E-state index < -0.39 is 5.60 Å². The van der Waals surface area contributed by atoms with Gasteiger partial charge >= 0.3 is 6.09 Å². The van der Waals surface area contributed by atoms with Gasteiger partial charge in [0.2, 0.25) is 0 Å². The van der Waals surface area contributed by atoms with Gasteiger partial charge in [-0.15, -0.1) is 0 Å². The maximum atomic E-state index is 11.4. The minimum absolute atomic E-state index is 0.283. The molecule has 0 aromatic rings. The van der Waals surface area contributed by atoms with Gasteiger partial charge in [0.1, 0.15) is 5.60 Å². The van der Waals surface area contributed by atoms with Crippen LogP contribution in [0.25, 0.3) is 0 Å². The summed E-state index contributed by atoms with van der Waals surface area (Å²) in [6, 6.07) is 0. The third-order valence-corrected chi connectivity index (χ3v) is 2.52. The highest BCUT2D eigenvalue weighted by Crippen LogP contribution is 2.44. The van der Waals surface area contributed by atoms with Gasteiger partial charge < -0.3 is 15.4 Å². The number of ether oxygens (including phenoxy) is 1. The van der Waals surface area contributed by atoms with Crippen LogP contribution in [0.4, 0.5) is 4.79 Å². The van der Waals surface area contributed by atoms with Crippen LogP contribution in [0.15, 0.2) is 0 Å². The zero-order valence-corrected chi connectivity index (χ0v) is 10.1. The maximum Gasteiger partial charge on any atom is 0.407 e. The third kappa shape index (κ3) is 4.51. The maximum absolute atomic E-state index is 11.4. The van der Waals surface area contributed by atoms with E-state index in [1.165, 1.54) is 12.8 Å². The fourth-order valence-electron chi connectivity index (χ4n) is 1.54. The van der Waals surface area contributed by atoms with Crippen molar-refractivity contribution in [1.82, 2.24) is 10.6 Å². The van der Waals surface area contributed by atoms with E-state index in [9.17, 15) is 4.79 Å². The van der Waals surface area contributed by atoms with Crippen LogP contribution in [-0.4, -0.2) is 31.8 Å². The van der Waals surface area contributed by atoms with Crippen molar-refractivity contribution < 1.29 is 9.53 Å². The van der Waals surface area contributed by atoms with Gasteiger partial charge in [-0.1, -0.05) is 0 Å². The Balaban J connectivity index is 2.23. The largest absolute Gasteiger partial charge is 0.444 e. The summed E-state index contributed by atoms with van der Waals surface area (Å²) in [5.74, 6) is 0. The lowest BCUT2D eigenvalue weighted by Gasteiger charge is -2.21. The monoisotopic (exact) mass is 214 g/mol. The number of alkyl carbamates (subject to hydrolysis) is 1. The first kappa shape index (κ1) is 12.3. The first-order valence-electron chi connectivity index (χ1n) is 5.48. The molecule has 1 fully saturated rings. The highest BCUT2D eigenvalue weighted by atomic mass is 16.6. The molecular formula is C11H22N2O2. The van der Waals surface area contributed by atoms with Crippen LogP contribution in [-0.2, 0) is 4.74 Å². The fraction of sp³-hybridized carbons (Fsp3) is 0.909. The molecule has 4 nitrogen and oxygen atoms in total. The molecule has 1 rings (SSSR count). The van der Waals surface area contributed by atoms with Crippen molar-refractivity contribution in [3.05, 3.63) is 0 Å². The molecule has 2 N–H and O–H groups in total. The molecule has 1 aliphatic rings. The summed E-state index contributed by atoms with van der Waals surface area (Å²) in [7, 11) is 1.94. The van der Waals surface area contributed by atoms with E-state index in [2.05, 4.69) is 10.6 Å². The second kappa shape index (κ2) is 4.39. The van der Waals surface area contributed by atoms with Crippen molar-refractivity contribution in [3.8, 4) is 0 Å². The van der Waals surface area contributed by atoms with E-state index in [1.807, 2.05) is 27.8 Å². The van der Waals surface area contributed by atoms with Crippen LogP contribution >= 0.6 is 0 Å². The molecular weight excluding hydrogens is 192 g/mol. The van der Waals surface area contributed by atoms with Crippen molar-refractivity contribution >= 4 is 6.09 Å². The quantitative estimate of drug-likeness (QED) is 0.746. The highest BCUT2D eigenvalue weighted by molar-refractivity contribution is 5.67. The van der Waals surface area contributed by atoms with Gasteiger partial charge in [0.05, 0.1) is 0 Å². The van der Waals surface area contributed by atoms with Crippen LogP contribution < -0.4 is 10.6 Å². The Kier molecular flexibility index (Phi) is 3.60. The van der Waals surface area contributed by atoms with Crippen LogP contribution in [0, 0.1) is 5.41 Å². The molecule has 0 saturated heterocycles. The second-order valence-corrected chi connectivity index (χ2v) is 5.39. The van der Waals surface area contributed by atoms with Crippen molar-refractivity contribution in [1.29, 1.82) is 0 Å². The first-order valence-corrected chi connectivity index (χ1v) is 5.48. The molecule has 1 saturated carbocycles. The molecule has 0 aromatic carbocycles. The van der Waals surface area contributed by atoms with Gasteiger partial charge in [-0.3, -0.25) is 0 Å². The van der Waals surface area contributed by atoms with Crippen molar-refractivity contribution in [3.63, 3.8) is 0 Å². The summed E-state index contributed by atoms with van der Waals surface area (Å²) < 4.78 is 5.17. The van der Waals surface area contributed by atoms with E-state index in [0.717, 1.165) is 6.54 Å². The lowest BCUT2D eigenvalue weighted by Crippen LogP contribution is -2.38. The normalized spacial score (nSPS) is 18.4. The van der Waals surface area contributed by atoms with E-state index >= 15 is 0 Å². The zero-order valence-electron chi connectivity index (χ0n) is 10.1. The molecule has 1 aliphatic carbocycles. The van der Waals surface area contributed by atoms with E-state index in [1.54, 1.807) is 0 Å². The molecule has 0 aromatic heterocycles. The van der Waals surface area contributed by atoms with Crippen LogP contribution in [0.3, 0.4) is 0 Å². The van der Waals surface area contributed by atoms with Gasteiger partial charge in [0.15, 0.2) is 0 Å². The Labute approximate surface area is 91.8 Å². The summed E-state index contributed by atoms with van der Waals surface area (Å²) in [6.07, 6.45) is 2.05. The van der Waals surface area contributed by atoms with Gasteiger partial charge in [-0.25, -0.2) is 4.79 Å². The molecule has 0 radical (unpaired) electrons. The predicted octanol–water partition coefficient (Wildman–Crippen LogP) is 1.51. The fourth-order valence-corrected chi connectivity index (χ4v) is 1.54. The molecule has 0 atom stereocenters. The van der Waals surface area contributed by atoms with Gasteiger partial charge in [-0.05, 0) is 40.7 Å². The molecule has 88 valence electrons. The van der Waals surface area contributed by atoms with Crippen LogP contribution in [0.2, 0.25) is 0 Å². The average Bonchev–Trinajstić information content (AvgIpc) is 2.80. The highest BCUT2D eigenvalue weighted by Gasteiger charge is 2.42. The summed E-state index contributed by atoms with van der Waals surface area (Å²) in [5, 5.41) is 5.98. The lowest BCUT2D eigenvalue weighted by molar-refractivity contribution is 0.0516. The third-order valence-electron chi connectivity index (χ3n) is 2.52. The Morgan fingerprint density at radius 3 is 2.33 bits per heavy atom. The number of carbonyl (C=O) groups excluding carboxylic acids is 1. The lowest BCUT2D eigenvalue weighted by atomic mass is 10.1. The SMILES string of the molecule is CNCC1(CNC(=O)OC(C)(C)C)CC1. The number of nitrogens with one attached hydrogen (secondary N) is 2. The van der Waals surface area contributed by atoms with Crippen LogP contribution in [0.5, 0.6) is 0 Å². The first-order chi connectivity index (χ1) is 6.87. The standard InChI is InChI=1S/C11H22N2O2/c1-10(2,3)15-9(14)13-8-11(5-6-11)7-12-4/h12H,5-8H2,1-4H3,(H,13,14). The molecule has 0 aliphatic heterocycles. The van der Waals surface area contributed by atoms with E-state index in [4.69, 9.17) is 4.74 Å². The number of carbonyl (C=O) groups is 1. The topological polar surface area (TPSA) is 50.4 Å². The molecule has 15 heavy (non-hydrogen) atoms. The number of hydrogen-bond donors (Lipinski definition) is 2. The Hall–Kier alpha value is -0.770. The molecule has 0 heterocycles. The molecule has 0 unspecified atom stereocenters. The summed E-state index contributed by atoms with van der Waals surface area (Å²) >= 11 is 0. The summed E-state index contributed by atoms with van der Waals surface area (Å²) in [6.45, 7) is 7.28. The van der Waals surface area contributed by atoms with E-state index in [-0.39, 0.29) is 11.5 Å². The molecule has 0 bridgehead atoms. The van der Waals surface area contributed by atoms with Crippen molar-refractivity contribution in [2.75, 3.05) is 20.1 Å². The smallest absolute Gasteiger partial charge is 0.407 e. The predicted molar refractivity (Wildman–Crippen MR) is 59.8 cm³/mol. The van der Waals surface area contributed by atoms with Crippen molar-refractivity contribution in [2.24, 2.45) is 5.41 Å². The molecule has 4 heteroatoms. The molecule has 0 spiro atoms. The minimum atomic E-state index is -0.413. The number of amides is 1. The zero-order chi connectivity index (χ0) is 11.5. The Morgan fingerprint density at radius 1 is 1.33 bits per heavy atom. The molecule has 1 amide bonds. The van der Waals surface area contributed by atoms with Gasteiger partial charge in [0, 0.05) is 18.5 Å². The Morgan fingerprint density at radius 2 is 1.93 bits per heavy atom. The Bertz CT molecular complexity index is 229. The van der Waals surface area contributed by atoms with Gasteiger partial charge in [0.25, 0.3) is 0 Å².